The Kier molecular flexibility index (Phi) is 11.6. The van der Waals surface area contributed by atoms with Gasteiger partial charge in [-0.2, -0.15) is 0 Å². The van der Waals surface area contributed by atoms with E-state index in [1.165, 1.54) is 0 Å². The van der Waals surface area contributed by atoms with E-state index in [1.807, 2.05) is 78.9 Å². The maximum absolute atomic E-state index is 8.89. The number of nitrogens with zero attached hydrogens (tertiary/aromatic N) is 4. The standard InChI is InChI=1S/C28H22N3O2.C5H5N.C2H4O2.Fe/c1-3-9-19(10-4-1)25-17-32-27(30-25)15-23-21-13-7-8-14-22(21)24(29-23)16-28-31-26(18-33-28)20-11-5-2-6-12-20;1-2-4-6-5-3-1;1-2(3)4;/h1-16,25-26H,17-18H2;1-5H;1H3,(H,3,4);/q-1;;;+2/p-1/b23-15-,24-16-;;;/t25-,26-;;;/m0.../s1. The predicted molar refractivity (Wildman–Crippen MR) is 166 cm³/mol. The molecule has 222 valence electrons. The number of fused-ring (bicyclic) bond motifs is 1. The fourth-order valence-electron chi connectivity index (χ4n) is 4.58. The molecule has 7 rings (SSSR count). The second-order valence-corrected chi connectivity index (χ2v) is 9.64. The maximum Gasteiger partial charge on any atom is 2.00 e. The molecule has 0 saturated carbocycles. The Morgan fingerprint density at radius 2 is 1.09 bits per heavy atom. The molecule has 2 aliphatic heterocycles. The average molecular weight is 626 g/mol. The molecule has 5 aromatic rings. The van der Waals surface area contributed by atoms with E-state index in [-0.39, 0.29) is 29.2 Å². The molecule has 0 aliphatic carbocycles. The fraction of sp³-hybridized carbons (Fsp3) is 0.143. The van der Waals surface area contributed by atoms with Crippen LogP contribution in [0.1, 0.15) is 30.1 Å². The number of aliphatic imine (C=N–C) groups is 2. The van der Waals surface area contributed by atoms with Crippen molar-refractivity contribution in [3.8, 4) is 0 Å². The zero-order valence-electron chi connectivity index (χ0n) is 24.0. The molecule has 2 aliphatic rings. The Bertz CT molecular complexity index is 1680. The predicted octanol–water partition coefficient (Wildman–Crippen LogP) is 3.53. The van der Waals surface area contributed by atoms with Crippen molar-refractivity contribution >= 4 is 40.7 Å². The van der Waals surface area contributed by atoms with Crippen molar-refractivity contribution in [3.05, 3.63) is 137 Å². The Balaban J connectivity index is 0.000000347. The second-order valence-electron chi connectivity index (χ2n) is 9.64. The van der Waals surface area contributed by atoms with Crippen molar-refractivity contribution in [2.75, 3.05) is 13.2 Å². The number of pyridine rings is 1. The van der Waals surface area contributed by atoms with Gasteiger partial charge in [-0.25, -0.2) is 9.98 Å². The van der Waals surface area contributed by atoms with Gasteiger partial charge in [-0.1, -0.05) is 91.0 Å². The third-order valence-corrected chi connectivity index (χ3v) is 6.52. The largest absolute Gasteiger partial charge is 2.00 e. The Morgan fingerprint density at radius 1 is 0.705 bits per heavy atom. The summed E-state index contributed by atoms with van der Waals surface area (Å²) in [6, 6.07) is 34.3. The number of aromatic nitrogens is 2. The zero-order chi connectivity index (χ0) is 29.9. The first-order chi connectivity index (χ1) is 21.1. The number of rotatable bonds is 4. The maximum atomic E-state index is 8.89. The van der Waals surface area contributed by atoms with E-state index in [1.54, 1.807) is 12.4 Å². The molecule has 4 heterocycles. The first kappa shape index (κ1) is 31.9. The van der Waals surface area contributed by atoms with Crippen LogP contribution in [0.4, 0.5) is 0 Å². The number of aliphatic carboxylic acids is 1. The minimum Gasteiger partial charge on any atom is -0.657 e. The van der Waals surface area contributed by atoms with E-state index in [9.17, 15) is 0 Å². The number of benzene rings is 3. The Labute approximate surface area is 266 Å². The quantitative estimate of drug-likeness (QED) is 0.283. The number of hydrogen-bond donors (Lipinski definition) is 0. The van der Waals surface area contributed by atoms with Gasteiger partial charge in [0.2, 0.25) is 11.8 Å². The van der Waals surface area contributed by atoms with Gasteiger partial charge in [-0.05, 0) is 53.1 Å². The Hall–Kier alpha value is -4.98. The van der Waals surface area contributed by atoms with Gasteiger partial charge in [-0.15, -0.1) is 10.7 Å². The Morgan fingerprint density at radius 3 is 1.45 bits per heavy atom. The van der Waals surface area contributed by atoms with Gasteiger partial charge in [0.25, 0.3) is 0 Å². The fourth-order valence-corrected chi connectivity index (χ4v) is 4.58. The zero-order valence-corrected chi connectivity index (χ0v) is 25.1. The third-order valence-electron chi connectivity index (χ3n) is 6.52. The molecule has 0 N–H and O–H groups in total. The van der Waals surface area contributed by atoms with Gasteiger partial charge in [0.15, 0.2) is 0 Å². The van der Waals surface area contributed by atoms with Gasteiger partial charge in [0.1, 0.15) is 25.3 Å². The van der Waals surface area contributed by atoms with E-state index in [0.717, 1.165) is 39.5 Å². The number of ether oxygens (including phenoxy) is 2. The van der Waals surface area contributed by atoms with Crippen LogP contribution in [-0.2, 0) is 31.3 Å². The van der Waals surface area contributed by atoms with E-state index < -0.39 is 5.97 Å². The topological polar surface area (TPSA) is 110 Å². The van der Waals surface area contributed by atoms with Crippen molar-refractivity contribution in [1.29, 1.82) is 0 Å². The minimum atomic E-state index is -1.08. The van der Waals surface area contributed by atoms with Crippen LogP contribution in [0, 0.1) is 0 Å². The van der Waals surface area contributed by atoms with Crippen LogP contribution in [-0.4, -0.2) is 36.0 Å². The summed E-state index contributed by atoms with van der Waals surface area (Å²) in [7, 11) is 0. The molecule has 2 atom stereocenters. The molecule has 3 aromatic carbocycles. The summed E-state index contributed by atoms with van der Waals surface area (Å²) < 4.78 is 11.7. The van der Waals surface area contributed by atoms with Crippen LogP contribution in [0.2, 0.25) is 0 Å². The number of carboxylic acids is 1. The summed E-state index contributed by atoms with van der Waals surface area (Å²) in [6.45, 7) is 2.05. The first-order valence-electron chi connectivity index (χ1n) is 13.9. The van der Waals surface area contributed by atoms with Crippen molar-refractivity contribution in [1.82, 2.24) is 9.97 Å². The number of carbonyl (C=O) groups is 1. The van der Waals surface area contributed by atoms with Crippen molar-refractivity contribution < 1.29 is 36.4 Å². The summed E-state index contributed by atoms with van der Waals surface area (Å²) in [6.07, 6.45) is 7.35. The van der Waals surface area contributed by atoms with Crippen LogP contribution in [0.15, 0.2) is 126 Å². The molecule has 0 fully saturated rings. The molecular formula is C35H30FeN4O4. The normalized spacial score (nSPS) is 17.5. The van der Waals surface area contributed by atoms with Crippen LogP contribution in [0.5, 0.6) is 0 Å². The molecule has 44 heavy (non-hydrogen) atoms. The first-order valence-corrected chi connectivity index (χ1v) is 13.9. The van der Waals surface area contributed by atoms with Crippen LogP contribution < -0.4 is 20.8 Å². The molecule has 0 amide bonds. The van der Waals surface area contributed by atoms with Crippen molar-refractivity contribution in [2.24, 2.45) is 9.98 Å². The van der Waals surface area contributed by atoms with Crippen LogP contribution >= 0.6 is 0 Å². The summed E-state index contributed by atoms with van der Waals surface area (Å²) in [5.41, 5.74) is 2.30. The molecule has 0 bridgehead atoms. The minimum absolute atomic E-state index is 0. The molecule has 0 radical (unpaired) electrons. The molecule has 9 heteroatoms. The van der Waals surface area contributed by atoms with Crippen LogP contribution in [0.25, 0.3) is 22.9 Å². The summed E-state index contributed by atoms with van der Waals surface area (Å²) >= 11 is 0. The molecule has 0 saturated heterocycles. The summed E-state index contributed by atoms with van der Waals surface area (Å²) in [5, 5.41) is 12.7. The summed E-state index contributed by atoms with van der Waals surface area (Å²) in [4.78, 5) is 27.1. The number of carbonyl (C=O) groups excluding carboxylic acids is 1. The van der Waals surface area contributed by atoms with E-state index in [0.29, 0.717) is 25.0 Å². The second kappa shape index (κ2) is 16.0. The van der Waals surface area contributed by atoms with Gasteiger partial charge in [0.05, 0.1) is 0 Å². The molecule has 0 unspecified atom stereocenters. The summed E-state index contributed by atoms with van der Waals surface area (Å²) in [5.74, 6) is 0.134. The van der Waals surface area contributed by atoms with E-state index in [2.05, 4.69) is 41.4 Å². The van der Waals surface area contributed by atoms with Gasteiger partial charge in [-0.3, -0.25) is 4.98 Å². The van der Waals surface area contributed by atoms with Gasteiger partial charge >= 0.3 is 17.1 Å². The van der Waals surface area contributed by atoms with Gasteiger partial charge < -0.3 is 24.4 Å². The smallest absolute Gasteiger partial charge is 0.657 e. The molecule has 2 aromatic heterocycles. The number of hydrogen-bond acceptors (Lipinski definition) is 7. The van der Waals surface area contributed by atoms with E-state index in [4.69, 9.17) is 34.3 Å². The molecule has 0 spiro atoms. The van der Waals surface area contributed by atoms with Crippen molar-refractivity contribution in [2.45, 2.75) is 19.0 Å². The molecule has 8 nitrogen and oxygen atoms in total. The third kappa shape index (κ3) is 8.77. The SMILES string of the molecule is C(/C1=N[C@H](c2ccccc2)CO1)=c1/[n-]/c(=C\C2=N[C@H](c3ccccc3)CO2)c2ccccc12.CC(=O)[O-].[Fe+2].c1ccncc1. The van der Waals surface area contributed by atoms with Crippen molar-refractivity contribution in [3.63, 3.8) is 0 Å². The van der Waals surface area contributed by atoms with E-state index >= 15 is 0 Å². The van der Waals surface area contributed by atoms with Gasteiger partial charge in [0, 0.05) is 18.4 Å². The average Bonchev–Trinajstić information content (AvgIpc) is 3.80. The monoisotopic (exact) mass is 626 g/mol. The number of carboxylic acid groups (broad SMARTS) is 1. The van der Waals surface area contributed by atoms with Crippen LogP contribution in [0.3, 0.4) is 0 Å². The molecular weight excluding hydrogens is 596 g/mol.